The number of hydrogen-bond acceptors (Lipinski definition) is 7. The van der Waals surface area contributed by atoms with Crippen molar-refractivity contribution >= 4 is 28.4 Å². The van der Waals surface area contributed by atoms with E-state index >= 15 is 4.39 Å². The van der Waals surface area contributed by atoms with Crippen LogP contribution < -0.4 is 19.7 Å². The van der Waals surface area contributed by atoms with Gasteiger partial charge in [-0.05, 0) is 31.2 Å². The van der Waals surface area contributed by atoms with Crippen LogP contribution >= 0.6 is 0 Å². The fourth-order valence-electron chi connectivity index (χ4n) is 4.58. The highest BCUT2D eigenvalue weighted by Gasteiger charge is 2.20. The SMILES string of the molecule is COc1ccccc1CCn1ccc2cnc(Nc3cc(F)c(N4CCN(C)CC4)cc3OC)nc21. The number of para-hydroxylation sites is 1. The molecule has 1 fully saturated rings. The van der Waals surface area contributed by atoms with E-state index in [1.54, 1.807) is 26.5 Å². The maximum absolute atomic E-state index is 15.1. The monoisotopic (exact) mass is 490 g/mol. The van der Waals surface area contributed by atoms with E-state index in [1.807, 2.05) is 30.5 Å². The number of fused-ring (bicyclic) bond motifs is 1. The average Bonchev–Trinajstić information content (AvgIpc) is 3.30. The van der Waals surface area contributed by atoms with Crippen LogP contribution in [-0.2, 0) is 13.0 Å². The van der Waals surface area contributed by atoms with E-state index in [0.717, 1.165) is 61.5 Å². The highest BCUT2D eigenvalue weighted by Crippen LogP contribution is 2.34. The molecule has 8 nitrogen and oxygen atoms in total. The van der Waals surface area contributed by atoms with Crippen LogP contribution in [-0.4, -0.2) is 66.9 Å². The molecular weight excluding hydrogens is 459 g/mol. The summed E-state index contributed by atoms with van der Waals surface area (Å²) >= 11 is 0. The first-order valence-electron chi connectivity index (χ1n) is 12.1. The maximum Gasteiger partial charge on any atom is 0.229 e. The number of benzene rings is 2. The van der Waals surface area contributed by atoms with Crippen LogP contribution in [0.2, 0.25) is 0 Å². The van der Waals surface area contributed by atoms with Crippen molar-refractivity contribution in [1.29, 1.82) is 0 Å². The molecule has 0 saturated carbocycles. The number of methoxy groups -OCH3 is 2. The van der Waals surface area contributed by atoms with Crippen molar-refractivity contribution in [3.63, 3.8) is 0 Å². The first kappa shape index (κ1) is 23.9. The summed E-state index contributed by atoms with van der Waals surface area (Å²) in [6.45, 7) is 4.07. The minimum atomic E-state index is -0.302. The third-order valence-electron chi connectivity index (χ3n) is 6.68. The number of aromatic nitrogens is 3. The lowest BCUT2D eigenvalue weighted by Gasteiger charge is -2.34. The number of likely N-dealkylation sites (N-methyl/N-ethyl adjacent to an activating group) is 1. The number of piperazine rings is 1. The molecule has 188 valence electrons. The van der Waals surface area contributed by atoms with Crippen LogP contribution in [0.1, 0.15) is 5.56 Å². The van der Waals surface area contributed by atoms with Gasteiger partial charge in [-0.25, -0.2) is 9.37 Å². The third-order valence-corrected chi connectivity index (χ3v) is 6.68. The lowest BCUT2D eigenvalue weighted by atomic mass is 10.1. The highest BCUT2D eigenvalue weighted by atomic mass is 19.1. The second-order valence-corrected chi connectivity index (χ2v) is 8.96. The zero-order valence-corrected chi connectivity index (χ0v) is 20.9. The molecule has 1 aliphatic rings. The Labute approximate surface area is 210 Å². The highest BCUT2D eigenvalue weighted by molar-refractivity contribution is 5.77. The lowest BCUT2D eigenvalue weighted by Crippen LogP contribution is -2.44. The van der Waals surface area contributed by atoms with Crippen LogP contribution in [0.3, 0.4) is 0 Å². The fraction of sp³-hybridized carbons (Fsp3) is 0.333. The summed E-state index contributed by atoms with van der Waals surface area (Å²) in [6, 6.07) is 13.2. The minimum Gasteiger partial charge on any atom is -0.496 e. The van der Waals surface area contributed by atoms with Crippen molar-refractivity contribution in [2.45, 2.75) is 13.0 Å². The standard InChI is InChI=1S/C27H31FN6O2/c1-32-12-14-33(15-13-32)23-17-25(36-3)22(16-21(23)28)30-27-29-18-20-9-11-34(26(20)31-27)10-8-19-6-4-5-7-24(19)35-2/h4-7,9,11,16-18H,8,10,12-15H2,1-3H3,(H,29,30,31). The van der Waals surface area contributed by atoms with Crippen LogP contribution in [0, 0.1) is 5.82 Å². The predicted molar refractivity (Wildman–Crippen MR) is 140 cm³/mol. The Morgan fingerprint density at radius 2 is 1.78 bits per heavy atom. The molecule has 2 aromatic carbocycles. The first-order valence-corrected chi connectivity index (χ1v) is 12.1. The quantitative estimate of drug-likeness (QED) is 0.394. The van der Waals surface area contributed by atoms with Crippen molar-refractivity contribution in [2.75, 3.05) is 57.7 Å². The molecule has 0 atom stereocenters. The molecule has 0 radical (unpaired) electrons. The van der Waals surface area contributed by atoms with Gasteiger partial charge >= 0.3 is 0 Å². The van der Waals surface area contributed by atoms with Crippen LogP contribution in [0.4, 0.5) is 21.7 Å². The number of rotatable bonds is 8. The van der Waals surface area contributed by atoms with Gasteiger partial charge in [0.05, 0.1) is 25.6 Å². The minimum absolute atomic E-state index is 0.302. The summed E-state index contributed by atoms with van der Waals surface area (Å²) in [4.78, 5) is 13.5. The summed E-state index contributed by atoms with van der Waals surface area (Å²) in [5.74, 6) is 1.49. The number of ether oxygens (including phenoxy) is 2. The number of hydrogen-bond donors (Lipinski definition) is 1. The molecule has 1 saturated heterocycles. The Balaban J connectivity index is 1.37. The largest absolute Gasteiger partial charge is 0.496 e. The van der Waals surface area contributed by atoms with Gasteiger partial charge in [0.1, 0.15) is 23.0 Å². The van der Waals surface area contributed by atoms with Gasteiger partial charge in [-0.2, -0.15) is 4.98 Å². The van der Waals surface area contributed by atoms with Crippen molar-refractivity contribution in [2.24, 2.45) is 0 Å². The van der Waals surface area contributed by atoms with Gasteiger partial charge < -0.3 is 29.2 Å². The Morgan fingerprint density at radius 1 is 1.00 bits per heavy atom. The summed E-state index contributed by atoms with van der Waals surface area (Å²) in [6.07, 6.45) is 4.57. The number of anilines is 3. The first-order chi connectivity index (χ1) is 17.6. The molecule has 5 rings (SSSR count). The Kier molecular flexibility index (Phi) is 6.90. The van der Waals surface area contributed by atoms with E-state index in [0.29, 0.717) is 23.1 Å². The van der Waals surface area contributed by atoms with Crippen LogP contribution in [0.15, 0.2) is 54.9 Å². The molecule has 36 heavy (non-hydrogen) atoms. The second kappa shape index (κ2) is 10.4. The van der Waals surface area contributed by atoms with Crippen LogP contribution in [0.25, 0.3) is 11.0 Å². The third kappa shape index (κ3) is 4.92. The molecule has 1 N–H and O–H groups in total. The van der Waals surface area contributed by atoms with Gasteiger partial charge in [-0.3, -0.25) is 0 Å². The number of halogens is 1. The molecule has 0 unspecified atom stereocenters. The molecule has 1 aliphatic heterocycles. The smallest absolute Gasteiger partial charge is 0.229 e. The fourth-order valence-corrected chi connectivity index (χ4v) is 4.58. The average molecular weight is 491 g/mol. The van der Waals surface area contributed by atoms with E-state index in [9.17, 15) is 0 Å². The van der Waals surface area contributed by atoms with E-state index in [2.05, 4.69) is 37.8 Å². The zero-order chi connectivity index (χ0) is 25.1. The molecule has 2 aromatic heterocycles. The number of nitrogens with zero attached hydrogens (tertiary/aromatic N) is 5. The normalized spacial score (nSPS) is 14.3. The maximum atomic E-state index is 15.1. The Bertz CT molecular complexity index is 1350. The van der Waals surface area contributed by atoms with Gasteiger partial charge in [0.2, 0.25) is 5.95 Å². The predicted octanol–water partition coefficient (Wildman–Crippen LogP) is 4.33. The van der Waals surface area contributed by atoms with E-state index in [-0.39, 0.29) is 5.82 Å². The Hall–Kier alpha value is -3.85. The lowest BCUT2D eigenvalue weighted by molar-refractivity contribution is 0.311. The molecular formula is C27H31FN6O2. The van der Waals surface area contributed by atoms with Crippen molar-refractivity contribution in [3.8, 4) is 11.5 Å². The molecule has 4 aromatic rings. The van der Waals surface area contributed by atoms with Gasteiger partial charge in [-0.1, -0.05) is 18.2 Å². The Morgan fingerprint density at radius 3 is 2.56 bits per heavy atom. The zero-order valence-electron chi connectivity index (χ0n) is 20.9. The molecule has 3 heterocycles. The molecule has 0 spiro atoms. The molecule has 9 heteroatoms. The van der Waals surface area contributed by atoms with Gasteiger partial charge in [0.25, 0.3) is 0 Å². The van der Waals surface area contributed by atoms with Crippen LogP contribution in [0.5, 0.6) is 11.5 Å². The van der Waals surface area contributed by atoms with Crippen molar-refractivity contribution in [1.82, 2.24) is 19.4 Å². The summed E-state index contributed by atoms with van der Waals surface area (Å²) < 4.78 is 28.3. The molecule has 0 bridgehead atoms. The van der Waals surface area contributed by atoms with Crippen molar-refractivity contribution < 1.29 is 13.9 Å². The molecule has 0 aliphatic carbocycles. The van der Waals surface area contributed by atoms with E-state index < -0.39 is 0 Å². The summed E-state index contributed by atoms with van der Waals surface area (Å²) in [5, 5.41) is 4.09. The number of aryl methyl sites for hydroxylation is 2. The van der Waals surface area contributed by atoms with Gasteiger partial charge in [0.15, 0.2) is 0 Å². The topological polar surface area (TPSA) is 67.7 Å². The van der Waals surface area contributed by atoms with Crippen molar-refractivity contribution in [3.05, 3.63) is 66.2 Å². The van der Waals surface area contributed by atoms with Gasteiger partial charge in [0, 0.05) is 62.6 Å². The molecule has 0 amide bonds. The van der Waals surface area contributed by atoms with E-state index in [4.69, 9.17) is 14.5 Å². The number of nitrogens with one attached hydrogen (secondary N) is 1. The van der Waals surface area contributed by atoms with Gasteiger partial charge in [-0.15, -0.1) is 0 Å². The van der Waals surface area contributed by atoms with E-state index in [1.165, 1.54) is 6.07 Å². The summed E-state index contributed by atoms with van der Waals surface area (Å²) in [7, 11) is 5.34. The second-order valence-electron chi connectivity index (χ2n) is 8.96. The summed E-state index contributed by atoms with van der Waals surface area (Å²) in [5.41, 5.74) is 2.97.